The molecule has 0 saturated heterocycles. The molecule has 1 amide bonds. The number of nitrogens with one attached hydrogen (secondary N) is 1. The zero-order valence-electron chi connectivity index (χ0n) is 14.1. The second-order valence-corrected chi connectivity index (χ2v) is 6.89. The van der Waals surface area contributed by atoms with Gasteiger partial charge in [-0.1, -0.05) is 29.8 Å². The summed E-state index contributed by atoms with van der Waals surface area (Å²) in [4.78, 5) is 12.1. The van der Waals surface area contributed by atoms with E-state index in [1.807, 2.05) is 0 Å². The van der Waals surface area contributed by atoms with Crippen LogP contribution in [0.2, 0.25) is 0 Å². The third-order valence-corrected chi connectivity index (χ3v) is 5.00. The van der Waals surface area contributed by atoms with Gasteiger partial charge in [0.2, 0.25) is 5.91 Å². The van der Waals surface area contributed by atoms with Crippen LogP contribution in [-0.4, -0.2) is 5.91 Å². The van der Waals surface area contributed by atoms with Crippen molar-refractivity contribution in [2.24, 2.45) is 5.92 Å². The minimum absolute atomic E-state index is 0.0281. The Labute approximate surface area is 143 Å². The van der Waals surface area contributed by atoms with Crippen LogP contribution in [0.1, 0.15) is 49.1 Å². The molecule has 0 atom stereocenters. The summed E-state index contributed by atoms with van der Waals surface area (Å²) < 4.78 is 12.9. The van der Waals surface area contributed by atoms with Crippen molar-refractivity contribution in [3.8, 4) is 0 Å². The molecule has 0 aliphatic heterocycles. The molecule has 1 aliphatic carbocycles. The van der Waals surface area contributed by atoms with Crippen LogP contribution in [0.4, 0.5) is 10.1 Å². The van der Waals surface area contributed by atoms with Gasteiger partial charge in [0.25, 0.3) is 0 Å². The predicted octanol–water partition coefficient (Wildman–Crippen LogP) is 5.44. The molecule has 1 saturated carbocycles. The summed E-state index contributed by atoms with van der Waals surface area (Å²) in [6.45, 7) is 2.11. The molecule has 1 N–H and O–H groups in total. The molecule has 1 aliphatic rings. The number of rotatable bonds is 4. The monoisotopic (exact) mass is 325 g/mol. The first-order valence-electron chi connectivity index (χ1n) is 8.72. The Morgan fingerprint density at radius 2 is 1.62 bits per heavy atom. The van der Waals surface area contributed by atoms with Crippen molar-refractivity contribution in [3.05, 3.63) is 65.5 Å². The normalized spacial score (nSPS) is 20.6. The van der Waals surface area contributed by atoms with Crippen LogP contribution in [0.25, 0.3) is 0 Å². The smallest absolute Gasteiger partial charge is 0.224 e. The van der Waals surface area contributed by atoms with Crippen molar-refractivity contribution >= 4 is 11.6 Å². The molecule has 0 heterocycles. The number of anilines is 1. The van der Waals surface area contributed by atoms with E-state index in [4.69, 9.17) is 0 Å². The van der Waals surface area contributed by atoms with E-state index in [0.29, 0.717) is 23.9 Å². The molecule has 2 aromatic rings. The highest BCUT2D eigenvalue weighted by atomic mass is 19.1. The zero-order chi connectivity index (χ0) is 16.9. The summed E-state index contributed by atoms with van der Waals surface area (Å²) in [5.41, 5.74) is 3.38. The largest absolute Gasteiger partial charge is 0.326 e. The summed E-state index contributed by atoms with van der Waals surface area (Å²) in [7, 11) is 0. The van der Waals surface area contributed by atoms with Crippen molar-refractivity contribution in [2.45, 2.75) is 44.9 Å². The Bertz CT molecular complexity index is 670. The highest BCUT2D eigenvalue weighted by Crippen LogP contribution is 2.37. The van der Waals surface area contributed by atoms with Gasteiger partial charge in [0.15, 0.2) is 0 Å². The second-order valence-electron chi connectivity index (χ2n) is 6.89. The SMILES string of the molecule is Cc1ccc(C2CCC(CC(=O)Nc3ccc(F)cc3)CC2)cc1. The molecule has 0 radical (unpaired) electrons. The Hall–Kier alpha value is -2.16. The second kappa shape index (κ2) is 7.61. The Morgan fingerprint density at radius 1 is 1.00 bits per heavy atom. The average molecular weight is 325 g/mol. The van der Waals surface area contributed by atoms with E-state index in [0.717, 1.165) is 25.7 Å². The third kappa shape index (κ3) is 4.44. The van der Waals surface area contributed by atoms with Gasteiger partial charge < -0.3 is 5.32 Å². The molecule has 3 heteroatoms. The molecule has 0 spiro atoms. The van der Waals surface area contributed by atoms with Crippen molar-refractivity contribution in [1.82, 2.24) is 0 Å². The molecule has 2 nitrogen and oxygen atoms in total. The number of hydrogen-bond acceptors (Lipinski definition) is 1. The maximum absolute atomic E-state index is 12.9. The van der Waals surface area contributed by atoms with Crippen LogP contribution in [0, 0.1) is 18.7 Å². The van der Waals surface area contributed by atoms with Gasteiger partial charge in [-0.3, -0.25) is 4.79 Å². The van der Waals surface area contributed by atoms with Gasteiger partial charge in [0.05, 0.1) is 0 Å². The number of carbonyl (C=O) groups is 1. The fourth-order valence-corrected chi connectivity index (χ4v) is 3.55. The molecule has 0 aromatic heterocycles. The Balaban J connectivity index is 1.47. The number of carbonyl (C=O) groups excluding carboxylic acids is 1. The summed E-state index contributed by atoms with van der Waals surface area (Å²) in [5.74, 6) is 0.817. The van der Waals surface area contributed by atoms with E-state index < -0.39 is 0 Å². The van der Waals surface area contributed by atoms with Crippen LogP contribution in [0.15, 0.2) is 48.5 Å². The fourth-order valence-electron chi connectivity index (χ4n) is 3.55. The zero-order valence-corrected chi connectivity index (χ0v) is 14.1. The van der Waals surface area contributed by atoms with Gasteiger partial charge in [-0.25, -0.2) is 4.39 Å². The van der Waals surface area contributed by atoms with Crippen LogP contribution in [0.3, 0.4) is 0 Å². The lowest BCUT2D eigenvalue weighted by Crippen LogP contribution is -2.20. The molecule has 126 valence electrons. The van der Waals surface area contributed by atoms with Crippen molar-refractivity contribution in [3.63, 3.8) is 0 Å². The maximum atomic E-state index is 12.9. The highest BCUT2D eigenvalue weighted by Gasteiger charge is 2.24. The van der Waals surface area contributed by atoms with E-state index >= 15 is 0 Å². The van der Waals surface area contributed by atoms with Crippen LogP contribution in [0.5, 0.6) is 0 Å². The molecular formula is C21H24FNO. The third-order valence-electron chi connectivity index (χ3n) is 5.00. The first-order valence-corrected chi connectivity index (χ1v) is 8.72. The molecule has 3 rings (SSSR count). The van der Waals surface area contributed by atoms with Crippen LogP contribution >= 0.6 is 0 Å². The van der Waals surface area contributed by atoms with Gasteiger partial charge in [0, 0.05) is 12.1 Å². The van der Waals surface area contributed by atoms with Gasteiger partial charge in [0.1, 0.15) is 5.82 Å². The molecule has 0 unspecified atom stereocenters. The summed E-state index contributed by atoms with van der Waals surface area (Å²) in [5, 5.41) is 2.86. The molecular weight excluding hydrogens is 301 g/mol. The standard InChI is InChI=1S/C21H24FNO/c1-15-2-6-17(7-3-15)18-8-4-16(5-9-18)14-21(24)23-20-12-10-19(22)11-13-20/h2-3,6-7,10-13,16,18H,4-5,8-9,14H2,1H3,(H,23,24). The molecule has 2 aromatic carbocycles. The maximum Gasteiger partial charge on any atom is 0.224 e. The topological polar surface area (TPSA) is 29.1 Å². The van der Waals surface area contributed by atoms with Gasteiger partial charge in [-0.05, 0) is 74.3 Å². The van der Waals surface area contributed by atoms with E-state index in [-0.39, 0.29) is 11.7 Å². The minimum Gasteiger partial charge on any atom is -0.326 e. The molecule has 24 heavy (non-hydrogen) atoms. The number of amides is 1. The van der Waals surface area contributed by atoms with Crippen molar-refractivity contribution < 1.29 is 9.18 Å². The van der Waals surface area contributed by atoms with Crippen molar-refractivity contribution in [1.29, 1.82) is 0 Å². The Morgan fingerprint density at radius 3 is 2.25 bits per heavy atom. The Kier molecular flexibility index (Phi) is 5.29. The van der Waals surface area contributed by atoms with Crippen LogP contribution in [-0.2, 0) is 4.79 Å². The van der Waals surface area contributed by atoms with Gasteiger partial charge in [-0.2, -0.15) is 0 Å². The number of hydrogen-bond donors (Lipinski definition) is 1. The predicted molar refractivity (Wildman–Crippen MR) is 95.5 cm³/mol. The number of benzene rings is 2. The highest BCUT2D eigenvalue weighted by molar-refractivity contribution is 5.90. The quantitative estimate of drug-likeness (QED) is 0.797. The van der Waals surface area contributed by atoms with E-state index in [1.165, 1.54) is 23.3 Å². The molecule has 0 bridgehead atoms. The number of aryl methyl sites for hydroxylation is 1. The van der Waals surface area contributed by atoms with E-state index in [9.17, 15) is 9.18 Å². The summed E-state index contributed by atoms with van der Waals surface area (Å²) in [6.07, 6.45) is 5.04. The molecule has 1 fully saturated rings. The number of halogens is 1. The summed E-state index contributed by atoms with van der Waals surface area (Å²) in [6, 6.07) is 14.8. The first kappa shape index (κ1) is 16.7. The minimum atomic E-state index is -0.289. The van der Waals surface area contributed by atoms with Gasteiger partial charge >= 0.3 is 0 Å². The lowest BCUT2D eigenvalue weighted by atomic mass is 9.77. The average Bonchev–Trinajstić information content (AvgIpc) is 2.58. The van der Waals surface area contributed by atoms with Crippen LogP contribution < -0.4 is 5.32 Å². The van der Waals surface area contributed by atoms with E-state index in [1.54, 1.807) is 12.1 Å². The fraction of sp³-hybridized carbons (Fsp3) is 0.381. The van der Waals surface area contributed by atoms with E-state index in [2.05, 4.69) is 36.5 Å². The lowest BCUT2D eigenvalue weighted by molar-refractivity contribution is -0.117. The van der Waals surface area contributed by atoms with Gasteiger partial charge in [-0.15, -0.1) is 0 Å². The van der Waals surface area contributed by atoms with Crippen molar-refractivity contribution in [2.75, 3.05) is 5.32 Å². The summed E-state index contributed by atoms with van der Waals surface area (Å²) >= 11 is 0. The lowest BCUT2D eigenvalue weighted by Gasteiger charge is -2.28. The first-order chi connectivity index (χ1) is 11.6.